The molecule has 2 N–H and O–H groups in total. The van der Waals surface area contributed by atoms with E-state index in [1.165, 1.54) is 0 Å². The Morgan fingerprint density at radius 3 is 2.53 bits per heavy atom. The summed E-state index contributed by atoms with van der Waals surface area (Å²) in [4.78, 5) is 21.8. The van der Waals surface area contributed by atoms with Gasteiger partial charge >= 0.3 is 0 Å². The summed E-state index contributed by atoms with van der Waals surface area (Å²) in [5.74, 6) is 2.35. The van der Waals surface area contributed by atoms with Crippen LogP contribution in [-0.2, 0) is 4.79 Å². The molecule has 0 unspecified atom stereocenters. The van der Waals surface area contributed by atoms with E-state index in [2.05, 4.69) is 15.7 Å². The summed E-state index contributed by atoms with van der Waals surface area (Å²) < 4.78 is 1.85. The first-order valence-electron chi connectivity index (χ1n) is 11.6. The lowest BCUT2D eigenvalue weighted by molar-refractivity contribution is -0.124. The van der Waals surface area contributed by atoms with Crippen molar-refractivity contribution < 1.29 is 4.79 Å². The van der Waals surface area contributed by atoms with Crippen LogP contribution in [0.1, 0.15) is 64.1 Å². The minimum Gasteiger partial charge on any atom is -0.367 e. The molecule has 32 heavy (non-hydrogen) atoms. The molecule has 2 aromatic heterocycles. The Morgan fingerprint density at radius 2 is 1.84 bits per heavy atom. The van der Waals surface area contributed by atoms with Crippen LogP contribution in [0.2, 0.25) is 5.02 Å². The van der Waals surface area contributed by atoms with Crippen molar-refractivity contribution in [3.63, 3.8) is 0 Å². The highest BCUT2D eigenvalue weighted by molar-refractivity contribution is 6.30. The lowest BCUT2D eigenvalue weighted by Crippen LogP contribution is -2.41. The van der Waals surface area contributed by atoms with Crippen molar-refractivity contribution >= 4 is 34.4 Å². The summed E-state index contributed by atoms with van der Waals surface area (Å²) in [5.41, 5.74) is 1.70. The second-order valence-electron chi connectivity index (χ2n) is 9.33. The van der Waals surface area contributed by atoms with Crippen molar-refractivity contribution in [3.05, 3.63) is 41.3 Å². The highest BCUT2D eigenvalue weighted by atomic mass is 35.5. The zero-order valence-electron chi connectivity index (χ0n) is 18.5. The van der Waals surface area contributed by atoms with Gasteiger partial charge in [0.15, 0.2) is 5.65 Å². The van der Waals surface area contributed by atoms with Gasteiger partial charge in [0.2, 0.25) is 5.91 Å². The summed E-state index contributed by atoms with van der Waals surface area (Å²) in [5, 5.41) is 13.1. The van der Waals surface area contributed by atoms with Gasteiger partial charge < -0.3 is 10.6 Å². The Balaban J connectivity index is 1.38. The quantitative estimate of drug-likeness (QED) is 0.558. The molecule has 0 radical (unpaired) electrons. The number of fused-ring (bicyclic) bond motifs is 1. The van der Waals surface area contributed by atoms with Crippen molar-refractivity contribution in [1.29, 1.82) is 0 Å². The molecule has 5 rings (SSSR count). The molecule has 1 amide bonds. The van der Waals surface area contributed by atoms with Crippen LogP contribution in [0.5, 0.6) is 0 Å². The number of amides is 1. The first-order chi connectivity index (χ1) is 15.5. The molecule has 1 aromatic carbocycles. The van der Waals surface area contributed by atoms with Crippen LogP contribution in [0.15, 0.2) is 30.5 Å². The number of anilines is 1. The van der Waals surface area contributed by atoms with Crippen molar-refractivity contribution in [2.45, 2.75) is 70.4 Å². The molecule has 7 nitrogen and oxygen atoms in total. The molecular weight excluding hydrogens is 424 g/mol. The second-order valence-corrected chi connectivity index (χ2v) is 9.77. The Morgan fingerprint density at radius 1 is 1.09 bits per heavy atom. The molecule has 2 aliphatic rings. The van der Waals surface area contributed by atoms with Gasteiger partial charge in [0.05, 0.1) is 17.3 Å². The normalized spacial score (nSPS) is 21.1. The molecule has 168 valence electrons. The van der Waals surface area contributed by atoms with Gasteiger partial charge in [-0.25, -0.2) is 14.6 Å². The third-order valence-corrected chi connectivity index (χ3v) is 6.61. The number of hydrogen-bond acceptors (Lipinski definition) is 5. The smallest absolute Gasteiger partial charge is 0.222 e. The lowest BCUT2D eigenvalue weighted by atomic mass is 9.90. The third kappa shape index (κ3) is 4.44. The van der Waals surface area contributed by atoms with Gasteiger partial charge in [0, 0.05) is 28.9 Å². The topological polar surface area (TPSA) is 84.7 Å². The summed E-state index contributed by atoms with van der Waals surface area (Å²) in [6.07, 6.45) is 8.05. The maximum absolute atomic E-state index is 12.0. The maximum Gasteiger partial charge on any atom is 0.222 e. The molecule has 0 atom stereocenters. The van der Waals surface area contributed by atoms with Gasteiger partial charge in [0.25, 0.3) is 0 Å². The Labute approximate surface area is 193 Å². The van der Waals surface area contributed by atoms with E-state index in [-0.39, 0.29) is 17.9 Å². The van der Waals surface area contributed by atoms with E-state index in [9.17, 15) is 4.79 Å². The summed E-state index contributed by atoms with van der Waals surface area (Å²) in [6.45, 7) is 3.87. The number of benzene rings is 1. The van der Waals surface area contributed by atoms with Gasteiger partial charge in [-0.2, -0.15) is 5.10 Å². The van der Waals surface area contributed by atoms with Gasteiger partial charge in [-0.1, -0.05) is 31.5 Å². The molecule has 3 aromatic rings. The zero-order chi connectivity index (χ0) is 22.2. The summed E-state index contributed by atoms with van der Waals surface area (Å²) in [7, 11) is 0. The van der Waals surface area contributed by atoms with E-state index in [1.807, 2.05) is 49.0 Å². The van der Waals surface area contributed by atoms with E-state index in [4.69, 9.17) is 21.6 Å². The van der Waals surface area contributed by atoms with E-state index in [0.717, 1.165) is 66.9 Å². The first kappa shape index (κ1) is 21.2. The average molecular weight is 453 g/mol. The molecule has 8 heteroatoms. The largest absolute Gasteiger partial charge is 0.367 e. The van der Waals surface area contributed by atoms with Crippen LogP contribution >= 0.6 is 11.6 Å². The van der Waals surface area contributed by atoms with Crippen LogP contribution in [0.25, 0.3) is 16.7 Å². The number of hydrogen-bond donors (Lipinski definition) is 2. The highest BCUT2D eigenvalue weighted by Gasteiger charge is 2.30. The minimum absolute atomic E-state index is 0.0250. The minimum atomic E-state index is 0.0250. The van der Waals surface area contributed by atoms with E-state index < -0.39 is 0 Å². The predicted molar refractivity (Wildman–Crippen MR) is 126 cm³/mol. The van der Waals surface area contributed by atoms with Crippen LogP contribution in [0.4, 0.5) is 5.82 Å². The standard InChI is InChI=1S/C24H29ClN6O/c1-14(2)24(32)28-18-10-8-17(9-11-18)27-22-20-13-26-31(19-5-3-4-16(25)12-19)23(20)30-21(29-22)15-6-7-15/h3-5,12-15,17-18H,6-11H2,1-2H3,(H,28,32)(H,27,29,30). The first-order valence-corrected chi connectivity index (χ1v) is 11.9. The Hall–Kier alpha value is -2.67. The zero-order valence-corrected chi connectivity index (χ0v) is 19.3. The molecule has 0 aliphatic heterocycles. The number of aromatic nitrogens is 4. The SMILES string of the molecule is CC(C)C(=O)NC1CCC(Nc2nc(C3CC3)nc3c2cnn3-c2cccc(Cl)c2)CC1. The van der Waals surface area contributed by atoms with Gasteiger partial charge in [-0.15, -0.1) is 0 Å². The van der Waals surface area contributed by atoms with E-state index >= 15 is 0 Å². The molecule has 2 heterocycles. The predicted octanol–water partition coefficient (Wildman–Crippen LogP) is 4.84. The Kier molecular flexibility index (Phi) is 5.76. The fourth-order valence-corrected chi connectivity index (χ4v) is 4.48. The second kappa shape index (κ2) is 8.70. The molecule has 0 bridgehead atoms. The summed E-state index contributed by atoms with van der Waals surface area (Å²) in [6, 6.07) is 8.24. The molecule has 2 aliphatic carbocycles. The Bertz CT molecular complexity index is 1130. The third-order valence-electron chi connectivity index (χ3n) is 6.38. The van der Waals surface area contributed by atoms with Crippen LogP contribution < -0.4 is 10.6 Å². The monoisotopic (exact) mass is 452 g/mol. The summed E-state index contributed by atoms with van der Waals surface area (Å²) >= 11 is 6.21. The molecule has 0 spiro atoms. The van der Waals surface area contributed by atoms with Crippen molar-refractivity contribution in [2.24, 2.45) is 5.92 Å². The molecule has 0 saturated heterocycles. The number of nitrogens with zero attached hydrogens (tertiary/aromatic N) is 4. The average Bonchev–Trinajstić information content (AvgIpc) is 3.54. The van der Waals surface area contributed by atoms with E-state index in [1.54, 1.807) is 0 Å². The maximum atomic E-state index is 12.0. The van der Waals surface area contributed by atoms with Crippen molar-refractivity contribution in [1.82, 2.24) is 25.1 Å². The molecule has 2 fully saturated rings. The molecule has 2 saturated carbocycles. The number of carbonyl (C=O) groups is 1. The number of halogens is 1. The highest BCUT2D eigenvalue weighted by Crippen LogP contribution is 2.40. The lowest BCUT2D eigenvalue weighted by Gasteiger charge is -2.30. The number of nitrogens with one attached hydrogen (secondary N) is 2. The van der Waals surface area contributed by atoms with Gasteiger partial charge in [-0.05, 0) is 56.7 Å². The van der Waals surface area contributed by atoms with Crippen molar-refractivity contribution in [3.8, 4) is 5.69 Å². The van der Waals surface area contributed by atoms with Gasteiger partial charge in [-0.3, -0.25) is 4.79 Å². The number of carbonyl (C=O) groups excluding carboxylic acids is 1. The van der Waals surface area contributed by atoms with E-state index in [0.29, 0.717) is 17.0 Å². The molecular formula is C24H29ClN6O. The number of rotatable bonds is 6. The van der Waals surface area contributed by atoms with Crippen LogP contribution in [0.3, 0.4) is 0 Å². The van der Waals surface area contributed by atoms with Gasteiger partial charge in [0.1, 0.15) is 11.6 Å². The fraction of sp³-hybridized carbons (Fsp3) is 0.500. The fourth-order valence-electron chi connectivity index (χ4n) is 4.30. The van der Waals surface area contributed by atoms with Crippen molar-refractivity contribution in [2.75, 3.05) is 5.32 Å². The van der Waals surface area contributed by atoms with Crippen LogP contribution in [0, 0.1) is 5.92 Å². The van der Waals surface area contributed by atoms with Crippen LogP contribution in [-0.4, -0.2) is 37.7 Å².